The van der Waals surface area contributed by atoms with Crippen LogP contribution in [-0.4, -0.2) is 36.5 Å². The van der Waals surface area contributed by atoms with E-state index in [-0.39, 0.29) is 0 Å². The number of amides is 1. The van der Waals surface area contributed by atoms with Gasteiger partial charge in [0.1, 0.15) is 0 Å². The lowest BCUT2D eigenvalue weighted by Crippen LogP contribution is -2.42. The van der Waals surface area contributed by atoms with E-state index in [1.165, 1.54) is 38.5 Å². The molecule has 1 heterocycles. The van der Waals surface area contributed by atoms with Gasteiger partial charge in [-0.3, -0.25) is 4.79 Å². The average Bonchev–Trinajstić information content (AvgIpc) is 2.62. The Morgan fingerprint density at radius 1 is 1.18 bits per heavy atom. The van der Waals surface area contributed by atoms with Gasteiger partial charge in [0.25, 0.3) is 0 Å². The van der Waals surface area contributed by atoms with E-state index < -0.39 is 0 Å². The second-order valence-electron chi connectivity index (χ2n) is 5.07. The van der Waals surface area contributed by atoms with Gasteiger partial charge in [-0.15, -0.1) is 0 Å². The largest absolute Gasteiger partial charge is 0.342 e. The molecule has 100 valence electrons. The minimum atomic E-state index is 0.293. The first-order chi connectivity index (χ1) is 8.27. The Labute approximate surface area is 106 Å². The molecule has 1 aliphatic heterocycles. The molecular weight excluding hydrogens is 212 g/mol. The molecule has 0 bridgehead atoms. The van der Waals surface area contributed by atoms with Crippen molar-refractivity contribution in [3.05, 3.63) is 0 Å². The van der Waals surface area contributed by atoms with Crippen molar-refractivity contribution < 1.29 is 4.79 Å². The Morgan fingerprint density at radius 3 is 2.35 bits per heavy atom. The third-order valence-electron chi connectivity index (χ3n) is 3.63. The van der Waals surface area contributed by atoms with E-state index in [1.54, 1.807) is 0 Å². The van der Waals surface area contributed by atoms with Crippen LogP contribution in [0.2, 0.25) is 0 Å². The predicted octanol–water partition coefficient (Wildman–Crippen LogP) is 2.56. The van der Waals surface area contributed by atoms with Crippen molar-refractivity contribution in [3.8, 4) is 0 Å². The molecule has 1 atom stereocenters. The zero-order chi connectivity index (χ0) is 12.5. The molecule has 0 spiro atoms. The van der Waals surface area contributed by atoms with Crippen molar-refractivity contribution in [2.45, 2.75) is 64.8 Å². The molecule has 0 aromatic carbocycles. The SMILES string of the molecule is CCCC(CC)NCC(=O)N1CCCCCC1. The van der Waals surface area contributed by atoms with Gasteiger partial charge < -0.3 is 10.2 Å². The minimum absolute atomic E-state index is 0.293. The van der Waals surface area contributed by atoms with Crippen LogP contribution in [0.3, 0.4) is 0 Å². The molecule has 0 aliphatic carbocycles. The summed E-state index contributed by atoms with van der Waals surface area (Å²) < 4.78 is 0. The highest BCUT2D eigenvalue weighted by Gasteiger charge is 2.16. The van der Waals surface area contributed by atoms with Gasteiger partial charge in [0.15, 0.2) is 0 Å². The van der Waals surface area contributed by atoms with Crippen LogP contribution in [-0.2, 0) is 4.79 Å². The summed E-state index contributed by atoms with van der Waals surface area (Å²) in [7, 11) is 0. The summed E-state index contributed by atoms with van der Waals surface area (Å²) >= 11 is 0. The zero-order valence-corrected chi connectivity index (χ0v) is 11.5. The zero-order valence-electron chi connectivity index (χ0n) is 11.5. The number of nitrogens with zero attached hydrogens (tertiary/aromatic N) is 1. The van der Waals surface area contributed by atoms with Crippen LogP contribution in [0.1, 0.15) is 58.8 Å². The number of rotatable bonds is 6. The first kappa shape index (κ1) is 14.5. The molecule has 0 radical (unpaired) electrons. The molecule has 1 N–H and O–H groups in total. The van der Waals surface area contributed by atoms with Gasteiger partial charge in [0, 0.05) is 19.1 Å². The quantitative estimate of drug-likeness (QED) is 0.774. The Hall–Kier alpha value is -0.570. The van der Waals surface area contributed by atoms with Crippen molar-refractivity contribution >= 4 is 5.91 Å². The van der Waals surface area contributed by atoms with Crippen molar-refractivity contribution in [1.82, 2.24) is 10.2 Å². The monoisotopic (exact) mass is 240 g/mol. The highest BCUT2D eigenvalue weighted by Crippen LogP contribution is 2.09. The maximum atomic E-state index is 12.0. The molecule has 0 aromatic heterocycles. The second-order valence-corrected chi connectivity index (χ2v) is 5.07. The summed E-state index contributed by atoms with van der Waals surface area (Å²) in [4.78, 5) is 14.1. The first-order valence-electron chi connectivity index (χ1n) is 7.29. The molecule has 1 fully saturated rings. The van der Waals surface area contributed by atoms with E-state index in [9.17, 15) is 4.79 Å². The molecule has 0 aromatic rings. The van der Waals surface area contributed by atoms with E-state index in [1.807, 2.05) is 4.90 Å². The smallest absolute Gasteiger partial charge is 0.236 e. The van der Waals surface area contributed by atoms with Gasteiger partial charge in [-0.05, 0) is 25.7 Å². The molecule has 17 heavy (non-hydrogen) atoms. The van der Waals surface area contributed by atoms with E-state index >= 15 is 0 Å². The normalized spacial score (nSPS) is 18.8. The minimum Gasteiger partial charge on any atom is -0.342 e. The van der Waals surface area contributed by atoms with Gasteiger partial charge in [-0.1, -0.05) is 33.1 Å². The number of carbonyl (C=O) groups is 1. The summed E-state index contributed by atoms with van der Waals surface area (Å²) in [6.07, 6.45) is 8.39. The number of likely N-dealkylation sites (tertiary alicyclic amines) is 1. The third kappa shape index (κ3) is 5.53. The van der Waals surface area contributed by atoms with Gasteiger partial charge in [0.2, 0.25) is 5.91 Å². The van der Waals surface area contributed by atoms with Crippen molar-refractivity contribution in [2.24, 2.45) is 0 Å². The van der Waals surface area contributed by atoms with Crippen LogP contribution < -0.4 is 5.32 Å². The molecular formula is C14H28N2O. The van der Waals surface area contributed by atoms with Crippen molar-refractivity contribution in [3.63, 3.8) is 0 Å². The summed E-state index contributed by atoms with van der Waals surface area (Å²) in [5, 5.41) is 3.40. The van der Waals surface area contributed by atoms with Gasteiger partial charge in [-0.25, -0.2) is 0 Å². The van der Waals surface area contributed by atoms with Crippen LogP contribution >= 0.6 is 0 Å². The fourth-order valence-electron chi connectivity index (χ4n) is 2.46. The van der Waals surface area contributed by atoms with Crippen LogP contribution in [0.5, 0.6) is 0 Å². The van der Waals surface area contributed by atoms with Gasteiger partial charge in [0.05, 0.1) is 6.54 Å². The van der Waals surface area contributed by atoms with Crippen molar-refractivity contribution in [1.29, 1.82) is 0 Å². The molecule has 1 rings (SSSR count). The van der Waals surface area contributed by atoms with Crippen LogP contribution in [0.4, 0.5) is 0 Å². The molecule has 1 aliphatic rings. The second kappa shape index (κ2) is 8.51. The fraction of sp³-hybridized carbons (Fsp3) is 0.929. The standard InChI is InChI=1S/C14H28N2O/c1-3-9-13(4-2)15-12-14(17)16-10-7-5-6-8-11-16/h13,15H,3-12H2,1-2H3. The average molecular weight is 240 g/mol. The molecule has 0 saturated carbocycles. The summed E-state index contributed by atoms with van der Waals surface area (Å²) in [5.74, 6) is 0.293. The summed E-state index contributed by atoms with van der Waals surface area (Å²) in [5.41, 5.74) is 0. The maximum absolute atomic E-state index is 12.0. The lowest BCUT2D eigenvalue weighted by molar-refractivity contribution is -0.130. The molecule has 1 saturated heterocycles. The van der Waals surface area contributed by atoms with Crippen molar-refractivity contribution in [2.75, 3.05) is 19.6 Å². The van der Waals surface area contributed by atoms with Gasteiger partial charge in [-0.2, -0.15) is 0 Å². The number of nitrogens with one attached hydrogen (secondary N) is 1. The Balaban J connectivity index is 2.26. The Kier molecular flexibility index (Phi) is 7.25. The Bertz CT molecular complexity index is 210. The van der Waals surface area contributed by atoms with E-state index in [0.717, 1.165) is 19.5 Å². The fourth-order valence-corrected chi connectivity index (χ4v) is 2.46. The topological polar surface area (TPSA) is 32.3 Å². The highest BCUT2D eigenvalue weighted by atomic mass is 16.2. The van der Waals surface area contributed by atoms with E-state index in [0.29, 0.717) is 18.5 Å². The number of hydrogen-bond acceptors (Lipinski definition) is 2. The Morgan fingerprint density at radius 2 is 1.82 bits per heavy atom. The number of carbonyl (C=O) groups excluding carboxylic acids is 1. The lowest BCUT2D eigenvalue weighted by atomic mass is 10.1. The first-order valence-corrected chi connectivity index (χ1v) is 7.29. The molecule has 1 amide bonds. The highest BCUT2D eigenvalue weighted by molar-refractivity contribution is 5.78. The van der Waals surface area contributed by atoms with E-state index in [2.05, 4.69) is 19.2 Å². The van der Waals surface area contributed by atoms with Gasteiger partial charge >= 0.3 is 0 Å². The maximum Gasteiger partial charge on any atom is 0.236 e. The lowest BCUT2D eigenvalue weighted by Gasteiger charge is -2.22. The van der Waals surface area contributed by atoms with Crippen LogP contribution in [0.15, 0.2) is 0 Å². The third-order valence-corrected chi connectivity index (χ3v) is 3.63. The predicted molar refractivity (Wildman–Crippen MR) is 72.0 cm³/mol. The molecule has 3 nitrogen and oxygen atoms in total. The number of hydrogen-bond donors (Lipinski definition) is 1. The van der Waals surface area contributed by atoms with Crippen LogP contribution in [0.25, 0.3) is 0 Å². The summed E-state index contributed by atoms with van der Waals surface area (Å²) in [6.45, 7) is 6.83. The summed E-state index contributed by atoms with van der Waals surface area (Å²) in [6, 6.07) is 0.510. The van der Waals surface area contributed by atoms with E-state index in [4.69, 9.17) is 0 Å². The van der Waals surface area contributed by atoms with Crippen LogP contribution in [0, 0.1) is 0 Å². The molecule has 1 unspecified atom stereocenters. The molecule has 3 heteroatoms.